The molecule has 2 aromatic carbocycles. The second kappa shape index (κ2) is 7.48. The number of carbonyl (C=O) groups is 1. The van der Waals surface area contributed by atoms with Gasteiger partial charge in [-0.2, -0.15) is 5.10 Å². The Bertz CT molecular complexity index is 1100. The van der Waals surface area contributed by atoms with Crippen molar-refractivity contribution >= 4 is 5.91 Å². The first-order chi connectivity index (χ1) is 13.6. The fraction of sp³-hybridized carbons (Fsp3) is 0.143. The van der Waals surface area contributed by atoms with E-state index in [-0.39, 0.29) is 11.9 Å². The van der Waals surface area contributed by atoms with Gasteiger partial charge in [-0.15, -0.1) is 5.10 Å². The van der Waals surface area contributed by atoms with Crippen LogP contribution >= 0.6 is 0 Å². The van der Waals surface area contributed by atoms with Crippen LogP contribution in [0.2, 0.25) is 0 Å². The predicted molar refractivity (Wildman–Crippen MR) is 106 cm³/mol. The summed E-state index contributed by atoms with van der Waals surface area (Å²) >= 11 is 0. The molecule has 28 heavy (non-hydrogen) atoms. The molecule has 7 heteroatoms. The average Bonchev–Trinajstić information content (AvgIpc) is 3.39. The second-order valence-electron chi connectivity index (χ2n) is 6.53. The van der Waals surface area contributed by atoms with Crippen LogP contribution in [0.1, 0.15) is 34.7 Å². The topological polar surface area (TPSA) is 77.6 Å². The zero-order valence-electron chi connectivity index (χ0n) is 15.6. The van der Waals surface area contributed by atoms with Gasteiger partial charge in [0, 0.05) is 6.20 Å². The molecule has 1 N–H and O–H groups in total. The van der Waals surface area contributed by atoms with Gasteiger partial charge in [-0.1, -0.05) is 41.6 Å². The largest absolute Gasteiger partial charge is 0.342 e. The molecule has 0 fully saturated rings. The molecule has 0 radical (unpaired) electrons. The predicted octanol–water partition coefficient (Wildman–Crippen LogP) is 3.25. The molecular formula is C21H20N6O. The van der Waals surface area contributed by atoms with Gasteiger partial charge in [0.05, 0.1) is 29.3 Å². The normalized spacial score (nSPS) is 11.9. The van der Waals surface area contributed by atoms with Gasteiger partial charge in [0.15, 0.2) is 5.69 Å². The van der Waals surface area contributed by atoms with Gasteiger partial charge in [-0.3, -0.25) is 4.79 Å². The molecule has 140 valence electrons. The van der Waals surface area contributed by atoms with E-state index in [1.54, 1.807) is 0 Å². The molecule has 1 unspecified atom stereocenters. The van der Waals surface area contributed by atoms with Crippen LogP contribution in [-0.4, -0.2) is 30.7 Å². The summed E-state index contributed by atoms with van der Waals surface area (Å²) in [6.07, 6.45) is 3.36. The van der Waals surface area contributed by atoms with Gasteiger partial charge >= 0.3 is 0 Å². The Hall–Kier alpha value is -3.74. The number of nitrogens with one attached hydrogen (secondary N) is 1. The highest BCUT2D eigenvalue weighted by atomic mass is 16.2. The maximum absolute atomic E-state index is 12.8. The van der Waals surface area contributed by atoms with Crippen molar-refractivity contribution in [3.63, 3.8) is 0 Å². The lowest BCUT2D eigenvalue weighted by atomic mass is 10.2. The molecule has 4 rings (SSSR count). The number of para-hydroxylation sites is 2. The van der Waals surface area contributed by atoms with Crippen LogP contribution in [-0.2, 0) is 0 Å². The number of aromatic nitrogens is 5. The smallest absolute Gasteiger partial charge is 0.272 e. The van der Waals surface area contributed by atoms with Gasteiger partial charge in [0.2, 0.25) is 0 Å². The molecule has 7 nitrogen and oxygen atoms in total. The third-order valence-electron chi connectivity index (χ3n) is 4.55. The van der Waals surface area contributed by atoms with Gasteiger partial charge in [0.1, 0.15) is 0 Å². The van der Waals surface area contributed by atoms with Crippen LogP contribution in [0.5, 0.6) is 0 Å². The minimum atomic E-state index is -0.267. The van der Waals surface area contributed by atoms with Crippen LogP contribution in [0, 0.1) is 6.92 Å². The number of nitrogens with zero attached hydrogens (tertiary/aromatic N) is 5. The summed E-state index contributed by atoms with van der Waals surface area (Å²) in [6, 6.07) is 19.1. The monoisotopic (exact) mass is 372 g/mol. The Morgan fingerprint density at radius 3 is 2.57 bits per heavy atom. The first kappa shape index (κ1) is 17.7. The van der Waals surface area contributed by atoms with Gasteiger partial charge in [0.25, 0.3) is 5.91 Å². The number of carbonyl (C=O) groups excluding carboxylic acids is 1. The molecule has 1 atom stereocenters. The Labute approximate surface area is 162 Å². The lowest BCUT2D eigenvalue weighted by Gasteiger charge is -2.12. The molecule has 2 aromatic heterocycles. The maximum atomic E-state index is 12.8. The lowest BCUT2D eigenvalue weighted by molar-refractivity contribution is 0.0931. The van der Waals surface area contributed by atoms with Crippen molar-refractivity contribution in [2.45, 2.75) is 19.9 Å². The van der Waals surface area contributed by atoms with Crippen molar-refractivity contribution < 1.29 is 4.79 Å². The third kappa shape index (κ3) is 3.42. The van der Waals surface area contributed by atoms with Crippen molar-refractivity contribution in [3.8, 4) is 11.4 Å². The summed E-state index contributed by atoms with van der Waals surface area (Å²) < 4.78 is 3.34. The van der Waals surface area contributed by atoms with Gasteiger partial charge in [-0.25, -0.2) is 9.36 Å². The molecule has 0 aliphatic rings. The van der Waals surface area contributed by atoms with Crippen LogP contribution in [0.25, 0.3) is 11.4 Å². The van der Waals surface area contributed by atoms with Crippen molar-refractivity contribution in [3.05, 3.63) is 90.0 Å². The molecule has 0 saturated heterocycles. The summed E-state index contributed by atoms with van der Waals surface area (Å²) in [7, 11) is 0. The molecule has 0 aliphatic carbocycles. The molecule has 0 spiro atoms. The Morgan fingerprint density at radius 1 is 1.04 bits per heavy atom. The number of amides is 1. The summed E-state index contributed by atoms with van der Waals surface area (Å²) in [5.41, 5.74) is 4.07. The van der Waals surface area contributed by atoms with Crippen LogP contribution in [0.4, 0.5) is 0 Å². The van der Waals surface area contributed by atoms with E-state index in [2.05, 4.69) is 20.7 Å². The number of hydrogen-bond donors (Lipinski definition) is 1. The summed E-state index contributed by atoms with van der Waals surface area (Å²) in [6.45, 7) is 3.94. The van der Waals surface area contributed by atoms with Crippen molar-refractivity contribution in [2.24, 2.45) is 0 Å². The first-order valence-corrected chi connectivity index (χ1v) is 9.02. The van der Waals surface area contributed by atoms with E-state index in [4.69, 9.17) is 0 Å². The van der Waals surface area contributed by atoms with Crippen molar-refractivity contribution in [2.75, 3.05) is 0 Å². The number of hydrogen-bond acceptors (Lipinski definition) is 4. The quantitative estimate of drug-likeness (QED) is 0.583. The minimum absolute atomic E-state index is 0.258. The summed E-state index contributed by atoms with van der Waals surface area (Å²) in [4.78, 5) is 12.8. The zero-order valence-corrected chi connectivity index (χ0v) is 15.6. The van der Waals surface area contributed by atoms with E-state index in [1.165, 1.54) is 10.9 Å². The standard InChI is InChI=1S/C21H20N6O/c1-15-8-6-7-11-19(15)26-13-12-18(24-26)16(2)23-21(28)20-14-22-25-27(20)17-9-4-3-5-10-17/h3-14,16H,1-2H3,(H,23,28). The first-order valence-electron chi connectivity index (χ1n) is 9.02. The highest BCUT2D eigenvalue weighted by molar-refractivity contribution is 5.93. The van der Waals surface area contributed by atoms with Gasteiger partial charge < -0.3 is 5.32 Å². The van der Waals surface area contributed by atoms with Crippen LogP contribution < -0.4 is 5.32 Å². The van der Waals surface area contributed by atoms with Crippen LogP contribution in [0.3, 0.4) is 0 Å². The zero-order chi connectivity index (χ0) is 19.5. The Balaban J connectivity index is 1.52. The fourth-order valence-electron chi connectivity index (χ4n) is 3.02. The van der Waals surface area contributed by atoms with E-state index in [0.717, 1.165) is 22.6 Å². The highest BCUT2D eigenvalue weighted by Gasteiger charge is 2.19. The Kier molecular flexibility index (Phi) is 4.72. The van der Waals surface area contributed by atoms with E-state index in [9.17, 15) is 4.79 Å². The number of rotatable bonds is 5. The third-order valence-corrected chi connectivity index (χ3v) is 4.55. The van der Waals surface area contributed by atoms with E-state index >= 15 is 0 Å². The summed E-state index contributed by atoms with van der Waals surface area (Å²) in [5, 5.41) is 15.5. The molecule has 1 amide bonds. The van der Waals surface area contributed by atoms with E-state index < -0.39 is 0 Å². The molecule has 2 heterocycles. The molecule has 0 aliphatic heterocycles. The van der Waals surface area contributed by atoms with Crippen molar-refractivity contribution in [1.82, 2.24) is 30.1 Å². The Morgan fingerprint density at radius 2 is 1.79 bits per heavy atom. The SMILES string of the molecule is Cc1ccccc1-n1ccc(C(C)NC(=O)c2cnnn2-c2ccccc2)n1. The molecule has 4 aromatic rings. The van der Waals surface area contributed by atoms with Gasteiger partial charge in [-0.05, 0) is 43.7 Å². The lowest BCUT2D eigenvalue weighted by Crippen LogP contribution is -2.29. The molecule has 0 saturated carbocycles. The number of benzene rings is 2. The van der Waals surface area contributed by atoms with Crippen molar-refractivity contribution in [1.29, 1.82) is 0 Å². The maximum Gasteiger partial charge on any atom is 0.272 e. The fourth-order valence-corrected chi connectivity index (χ4v) is 3.02. The van der Waals surface area contributed by atoms with E-state index in [1.807, 2.05) is 85.4 Å². The average molecular weight is 372 g/mol. The minimum Gasteiger partial charge on any atom is -0.342 e. The second-order valence-corrected chi connectivity index (χ2v) is 6.53. The highest BCUT2D eigenvalue weighted by Crippen LogP contribution is 2.17. The molecule has 0 bridgehead atoms. The van der Waals surface area contributed by atoms with Crippen LogP contribution in [0.15, 0.2) is 73.1 Å². The number of aryl methyl sites for hydroxylation is 1. The van der Waals surface area contributed by atoms with E-state index in [0.29, 0.717) is 5.69 Å². The summed E-state index contributed by atoms with van der Waals surface area (Å²) in [5.74, 6) is -0.258. The molecular weight excluding hydrogens is 352 g/mol.